The molecule has 0 spiro atoms. The minimum Gasteiger partial charge on any atom is -0.444 e. The van der Waals surface area contributed by atoms with Crippen molar-refractivity contribution in [3.8, 4) is 0 Å². The van der Waals surface area contributed by atoms with Crippen molar-refractivity contribution in [1.29, 1.82) is 0 Å². The number of aromatic nitrogens is 2. The molecule has 5 rings (SSSR count). The molecule has 1 aromatic heterocycles. The topological polar surface area (TPSA) is 88.9 Å². The van der Waals surface area contributed by atoms with Crippen LogP contribution in [0.1, 0.15) is 39.2 Å². The molecule has 206 valence electrons. The Morgan fingerprint density at radius 3 is 2.55 bits per heavy atom. The lowest BCUT2D eigenvalue weighted by atomic mass is 10.1. The number of fused-ring (bicyclic) bond motifs is 3. The normalized spacial score (nSPS) is 22.9. The number of halogens is 3. The van der Waals surface area contributed by atoms with Crippen LogP contribution in [-0.4, -0.2) is 65.3 Å². The van der Waals surface area contributed by atoms with E-state index in [2.05, 4.69) is 10.3 Å². The quantitative estimate of drug-likeness (QED) is 0.620. The fourth-order valence-electron chi connectivity index (χ4n) is 5.31. The van der Waals surface area contributed by atoms with E-state index in [1.807, 2.05) is 4.90 Å². The fraction of sp³-hybridized carbons (Fsp3) is 0.577. The van der Waals surface area contributed by atoms with Crippen LogP contribution in [0.3, 0.4) is 0 Å². The lowest BCUT2D eigenvalue weighted by molar-refractivity contribution is -0.152. The zero-order valence-electron chi connectivity index (χ0n) is 21.6. The number of ether oxygens (including phenoxy) is 2. The molecule has 2 fully saturated rings. The van der Waals surface area contributed by atoms with Crippen LogP contribution in [0.25, 0.3) is 0 Å². The van der Waals surface area contributed by atoms with Gasteiger partial charge in [-0.2, -0.15) is 18.2 Å². The van der Waals surface area contributed by atoms with Gasteiger partial charge in [-0.05, 0) is 57.7 Å². The van der Waals surface area contributed by atoms with Gasteiger partial charge in [-0.25, -0.2) is 4.79 Å². The van der Waals surface area contributed by atoms with Crippen LogP contribution in [0.15, 0.2) is 35.1 Å². The molecule has 3 aliphatic rings. The summed E-state index contributed by atoms with van der Waals surface area (Å²) in [6.45, 7) is 6.37. The number of alkyl halides is 3. The molecule has 9 nitrogen and oxygen atoms in total. The summed E-state index contributed by atoms with van der Waals surface area (Å²) in [5, 5.41) is 2.64. The van der Waals surface area contributed by atoms with Crippen LogP contribution in [0.4, 0.5) is 35.4 Å². The molecule has 0 saturated carbocycles. The number of hydrogen-bond donors (Lipinski definition) is 1. The van der Waals surface area contributed by atoms with Crippen LogP contribution in [0, 0.1) is 0 Å². The molecular formula is C26H32F3N5O4. The van der Waals surface area contributed by atoms with Gasteiger partial charge in [0.25, 0.3) is 5.56 Å². The molecule has 0 unspecified atom stereocenters. The standard InChI is InChI=1S/C26H32F3N5O4/c1-25(2,3)38-24(36)30-17-6-4-16(5-7-17)8-10-32-20(26(27,28)29)9-11-33-22(35)13-21(31-23(32)33)34-14-19-12-18(34)15-37-19/h4-7,13,18-20H,8-12,14-15H2,1-3H3,(H,30,36)/t18-,19-,20-/m0/s1. The average molecular weight is 536 g/mol. The molecule has 0 aliphatic carbocycles. The number of carbonyl (C=O) groups is 1. The minimum atomic E-state index is -4.47. The van der Waals surface area contributed by atoms with Crippen LogP contribution in [0.2, 0.25) is 0 Å². The van der Waals surface area contributed by atoms with Crippen molar-refractivity contribution in [3.63, 3.8) is 0 Å². The molecule has 3 atom stereocenters. The first-order valence-corrected chi connectivity index (χ1v) is 12.8. The van der Waals surface area contributed by atoms with Crippen molar-refractivity contribution < 1.29 is 27.4 Å². The van der Waals surface area contributed by atoms with E-state index in [4.69, 9.17) is 9.47 Å². The van der Waals surface area contributed by atoms with Crippen molar-refractivity contribution in [2.24, 2.45) is 0 Å². The van der Waals surface area contributed by atoms with Gasteiger partial charge in [-0.15, -0.1) is 0 Å². The highest BCUT2D eigenvalue weighted by molar-refractivity contribution is 5.84. The van der Waals surface area contributed by atoms with E-state index in [0.29, 0.717) is 31.1 Å². The number of rotatable bonds is 5. The van der Waals surface area contributed by atoms with E-state index >= 15 is 0 Å². The van der Waals surface area contributed by atoms with Crippen molar-refractivity contribution in [2.75, 3.05) is 34.8 Å². The van der Waals surface area contributed by atoms with Gasteiger partial charge in [0.05, 0.1) is 18.8 Å². The number of amides is 1. The van der Waals surface area contributed by atoms with Gasteiger partial charge in [0.1, 0.15) is 17.5 Å². The number of hydrogen-bond acceptors (Lipinski definition) is 7. The maximum Gasteiger partial charge on any atom is 0.412 e. The van der Waals surface area contributed by atoms with Crippen molar-refractivity contribution in [3.05, 3.63) is 46.2 Å². The summed E-state index contributed by atoms with van der Waals surface area (Å²) in [7, 11) is 0. The predicted octanol–water partition coefficient (Wildman–Crippen LogP) is 3.95. The second kappa shape index (κ2) is 9.79. The molecule has 1 amide bonds. The minimum absolute atomic E-state index is 0.0219. The summed E-state index contributed by atoms with van der Waals surface area (Å²) >= 11 is 0. The fourth-order valence-corrected chi connectivity index (χ4v) is 5.31. The molecule has 1 N–H and O–H groups in total. The van der Waals surface area contributed by atoms with Gasteiger partial charge in [0, 0.05) is 31.4 Å². The van der Waals surface area contributed by atoms with Crippen molar-refractivity contribution in [1.82, 2.24) is 9.55 Å². The molecule has 0 radical (unpaired) electrons. The Kier molecular flexibility index (Phi) is 6.79. The lowest BCUT2D eigenvalue weighted by Crippen LogP contribution is -2.53. The van der Waals surface area contributed by atoms with Gasteiger partial charge >= 0.3 is 12.3 Å². The van der Waals surface area contributed by atoms with Gasteiger partial charge in [-0.1, -0.05) is 12.1 Å². The Morgan fingerprint density at radius 1 is 1.21 bits per heavy atom. The highest BCUT2D eigenvalue weighted by Gasteiger charge is 2.47. The second-order valence-electron chi connectivity index (χ2n) is 11.0. The first kappa shape index (κ1) is 26.3. The van der Waals surface area contributed by atoms with E-state index in [-0.39, 0.29) is 43.2 Å². The van der Waals surface area contributed by atoms with Crippen molar-refractivity contribution in [2.45, 2.75) is 76.5 Å². The van der Waals surface area contributed by atoms with Crippen LogP contribution in [-0.2, 0) is 22.4 Å². The molecular weight excluding hydrogens is 503 g/mol. The van der Waals surface area contributed by atoms with E-state index in [0.717, 1.165) is 12.0 Å². The Morgan fingerprint density at radius 2 is 1.95 bits per heavy atom. The summed E-state index contributed by atoms with van der Waals surface area (Å²) < 4.78 is 54.5. The van der Waals surface area contributed by atoms with E-state index in [9.17, 15) is 22.8 Å². The van der Waals surface area contributed by atoms with Crippen molar-refractivity contribution >= 4 is 23.5 Å². The third-order valence-electron chi connectivity index (χ3n) is 7.05. The number of morpholine rings is 1. The van der Waals surface area contributed by atoms with Gasteiger partial charge in [0.2, 0.25) is 5.95 Å². The highest BCUT2D eigenvalue weighted by Crippen LogP contribution is 2.36. The summed E-state index contributed by atoms with van der Waals surface area (Å²) in [4.78, 5) is 32.7. The molecule has 12 heteroatoms. The first-order chi connectivity index (χ1) is 17.9. The smallest absolute Gasteiger partial charge is 0.412 e. The van der Waals surface area contributed by atoms with Gasteiger partial charge in [0.15, 0.2) is 0 Å². The highest BCUT2D eigenvalue weighted by atomic mass is 19.4. The summed E-state index contributed by atoms with van der Waals surface area (Å²) in [6, 6.07) is 6.61. The third-order valence-corrected chi connectivity index (χ3v) is 7.05. The lowest BCUT2D eigenvalue weighted by Gasteiger charge is -2.39. The van der Waals surface area contributed by atoms with Gasteiger partial charge < -0.3 is 19.3 Å². The van der Waals surface area contributed by atoms with Crippen LogP contribution < -0.4 is 20.7 Å². The Labute approximate surface area is 218 Å². The maximum absolute atomic E-state index is 14.1. The van der Waals surface area contributed by atoms with Crippen LogP contribution >= 0.6 is 0 Å². The number of nitrogens with zero attached hydrogens (tertiary/aromatic N) is 4. The largest absolute Gasteiger partial charge is 0.444 e. The Hall–Kier alpha value is -3.28. The number of nitrogens with one attached hydrogen (secondary N) is 1. The summed E-state index contributed by atoms with van der Waals surface area (Å²) in [6.07, 6.45) is -4.10. The second-order valence-corrected chi connectivity index (χ2v) is 11.0. The zero-order valence-corrected chi connectivity index (χ0v) is 21.6. The monoisotopic (exact) mass is 535 g/mol. The summed E-state index contributed by atoms with van der Waals surface area (Å²) in [5.74, 6) is 0.454. The molecule has 2 aromatic rings. The van der Waals surface area contributed by atoms with E-state index in [1.165, 1.54) is 15.5 Å². The summed E-state index contributed by atoms with van der Waals surface area (Å²) in [5.41, 5.74) is 0.310. The SMILES string of the molecule is CC(C)(C)OC(=O)Nc1ccc(CCN2c3nc(N4C[C@@H]5C[C@H]4CO5)cc(=O)n3CC[C@H]2C(F)(F)F)cc1. The number of benzene rings is 1. The number of anilines is 3. The Bertz CT molecular complexity index is 1240. The molecule has 2 bridgehead atoms. The zero-order chi connectivity index (χ0) is 27.2. The van der Waals surface area contributed by atoms with E-state index in [1.54, 1.807) is 45.0 Å². The number of carbonyl (C=O) groups excluding carboxylic acids is 1. The average Bonchev–Trinajstić information content (AvgIpc) is 3.45. The molecule has 3 aliphatic heterocycles. The molecule has 2 saturated heterocycles. The van der Waals surface area contributed by atoms with Crippen LogP contribution in [0.5, 0.6) is 0 Å². The van der Waals surface area contributed by atoms with Gasteiger partial charge in [-0.3, -0.25) is 14.7 Å². The van der Waals surface area contributed by atoms with E-state index < -0.39 is 23.9 Å². The first-order valence-electron chi connectivity index (χ1n) is 12.8. The third kappa shape index (κ3) is 5.59. The maximum atomic E-state index is 14.1. The molecule has 38 heavy (non-hydrogen) atoms. The Balaban J connectivity index is 1.35. The molecule has 4 heterocycles. The molecule has 1 aromatic carbocycles. The predicted molar refractivity (Wildman–Crippen MR) is 136 cm³/mol.